The molecule has 0 saturated heterocycles. The van der Waals surface area contributed by atoms with Crippen LogP contribution in [0.25, 0.3) is 0 Å². The van der Waals surface area contributed by atoms with Gasteiger partial charge < -0.3 is 37.0 Å². The van der Waals surface area contributed by atoms with E-state index in [1.807, 2.05) is 13.8 Å². The van der Waals surface area contributed by atoms with Crippen LogP contribution >= 0.6 is 11.8 Å². The lowest BCUT2D eigenvalue weighted by Crippen LogP contribution is -2.58. The summed E-state index contributed by atoms with van der Waals surface area (Å²) in [6, 6.07) is 1.09. The van der Waals surface area contributed by atoms with Crippen LogP contribution in [-0.2, 0) is 30.4 Å². The molecule has 1 aromatic carbocycles. The molecule has 206 valence electrons. The molecule has 0 heterocycles. The van der Waals surface area contributed by atoms with E-state index >= 15 is 0 Å². The molecule has 4 atom stereocenters. The van der Waals surface area contributed by atoms with Gasteiger partial charge in [-0.2, -0.15) is 11.8 Å². The predicted molar refractivity (Wildman–Crippen MR) is 138 cm³/mol. The topological polar surface area (TPSA) is 208 Å². The Hall–Kier alpha value is -3.32. The van der Waals surface area contributed by atoms with Gasteiger partial charge in [0.15, 0.2) is 0 Å². The minimum absolute atomic E-state index is 0.00852. The van der Waals surface area contributed by atoms with Crippen LogP contribution in [0.3, 0.4) is 0 Å². The third kappa shape index (κ3) is 12.0. The summed E-state index contributed by atoms with van der Waals surface area (Å²) in [5.74, 6) is -4.29. The predicted octanol–water partition coefficient (Wildman–Crippen LogP) is 0.0749. The Bertz CT molecular complexity index is 941. The summed E-state index contributed by atoms with van der Waals surface area (Å²) in [4.78, 5) is 61.2. The number of hydrogen-bond donors (Lipinski definition) is 7. The monoisotopic (exact) mass is 540 g/mol. The molecule has 12 nitrogen and oxygen atoms in total. The number of carbonyl (C=O) groups excluding carboxylic acids is 3. The van der Waals surface area contributed by atoms with Crippen molar-refractivity contribution in [2.75, 3.05) is 12.0 Å². The van der Waals surface area contributed by atoms with Gasteiger partial charge in [0.05, 0.1) is 12.5 Å². The number of benzene rings is 1. The second-order valence-electron chi connectivity index (χ2n) is 9.01. The SMILES string of the molecule is CSCCC(NC(=O)C(N)CC(=O)O)C(=O)NC(Cc1ccc(O)cc1)C(=O)NC(CC(C)C)C(=O)O. The summed E-state index contributed by atoms with van der Waals surface area (Å²) in [7, 11) is 0. The highest BCUT2D eigenvalue weighted by atomic mass is 32.2. The van der Waals surface area contributed by atoms with E-state index in [1.165, 1.54) is 23.9 Å². The Morgan fingerprint density at radius 3 is 1.95 bits per heavy atom. The number of carboxylic acids is 2. The summed E-state index contributed by atoms with van der Waals surface area (Å²) in [6.45, 7) is 3.62. The van der Waals surface area contributed by atoms with Crippen LogP contribution in [0.4, 0.5) is 0 Å². The van der Waals surface area contributed by atoms with Gasteiger partial charge in [-0.05, 0) is 48.5 Å². The normalized spacial score (nSPS) is 14.2. The molecular weight excluding hydrogens is 504 g/mol. The summed E-state index contributed by atoms with van der Waals surface area (Å²) < 4.78 is 0. The number of nitrogens with two attached hydrogens (primary N) is 1. The molecule has 0 radical (unpaired) electrons. The minimum Gasteiger partial charge on any atom is -0.508 e. The van der Waals surface area contributed by atoms with E-state index in [4.69, 9.17) is 10.8 Å². The number of phenols is 1. The zero-order chi connectivity index (χ0) is 28.1. The Morgan fingerprint density at radius 1 is 0.892 bits per heavy atom. The molecule has 0 fully saturated rings. The number of nitrogens with one attached hydrogen (secondary N) is 3. The Balaban J connectivity index is 3.14. The first-order chi connectivity index (χ1) is 17.3. The van der Waals surface area contributed by atoms with E-state index in [0.29, 0.717) is 11.3 Å². The van der Waals surface area contributed by atoms with Crippen molar-refractivity contribution in [3.63, 3.8) is 0 Å². The highest BCUT2D eigenvalue weighted by Crippen LogP contribution is 2.13. The van der Waals surface area contributed by atoms with E-state index in [0.717, 1.165) is 0 Å². The molecule has 37 heavy (non-hydrogen) atoms. The van der Waals surface area contributed by atoms with E-state index < -0.39 is 60.2 Å². The highest BCUT2D eigenvalue weighted by molar-refractivity contribution is 7.98. The molecule has 0 bridgehead atoms. The van der Waals surface area contributed by atoms with Gasteiger partial charge in [0.1, 0.15) is 23.9 Å². The van der Waals surface area contributed by atoms with Crippen molar-refractivity contribution in [1.82, 2.24) is 16.0 Å². The van der Waals surface area contributed by atoms with Crippen molar-refractivity contribution in [3.05, 3.63) is 29.8 Å². The number of carboxylic acid groups (broad SMARTS) is 2. The van der Waals surface area contributed by atoms with E-state index in [1.54, 1.807) is 18.4 Å². The van der Waals surface area contributed by atoms with Crippen molar-refractivity contribution in [3.8, 4) is 5.75 Å². The van der Waals surface area contributed by atoms with Crippen molar-refractivity contribution < 1.29 is 39.3 Å². The second-order valence-corrected chi connectivity index (χ2v) is 9.99. The van der Waals surface area contributed by atoms with Gasteiger partial charge in [0.2, 0.25) is 17.7 Å². The maximum atomic E-state index is 13.2. The molecule has 8 N–H and O–H groups in total. The fourth-order valence-corrected chi connectivity index (χ4v) is 3.85. The molecule has 0 aliphatic rings. The molecule has 0 aliphatic heterocycles. The summed E-state index contributed by atoms with van der Waals surface area (Å²) in [5.41, 5.74) is 6.20. The minimum atomic E-state index is -1.37. The molecule has 4 unspecified atom stereocenters. The highest BCUT2D eigenvalue weighted by Gasteiger charge is 2.31. The molecule has 0 aromatic heterocycles. The molecule has 1 rings (SSSR count). The van der Waals surface area contributed by atoms with Gasteiger partial charge in [-0.15, -0.1) is 0 Å². The first-order valence-electron chi connectivity index (χ1n) is 11.7. The third-order valence-electron chi connectivity index (χ3n) is 5.31. The van der Waals surface area contributed by atoms with Crippen molar-refractivity contribution in [2.24, 2.45) is 11.7 Å². The smallest absolute Gasteiger partial charge is 0.326 e. The number of thioether (sulfide) groups is 1. The first kappa shape index (κ1) is 31.7. The van der Waals surface area contributed by atoms with E-state index in [-0.39, 0.29) is 30.9 Å². The Kier molecular flexibility index (Phi) is 13.5. The van der Waals surface area contributed by atoms with Crippen LogP contribution < -0.4 is 21.7 Å². The van der Waals surface area contributed by atoms with Gasteiger partial charge in [-0.1, -0.05) is 26.0 Å². The quantitative estimate of drug-likeness (QED) is 0.150. The van der Waals surface area contributed by atoms with Crippen LogP contribution in [0, 0.1) is 5.92 Å². The zero-order valence-corrected chi connectivity index (χ0v) is 21.9. The fourth-order valence-electron chi connectivity index (χ4n) is 3.38. The van der Waals surface area contributed by atoms with Gasteiger partial charge in [-0.3, -0.25) is 19.2 Å². The maximum Gasteiger partial charge on any atom is 0.326 e. The summed E-state index contributed by atoms with van der Waals surface area (Å²) in [6.07, 6.45) is 1.51. The largest absolute Gasteiger partial charge is 0.508 e. The number of rotatable bonds is 16. The lowest BCUT2D eigenvalue weighted by Gasteiger charge is -2.25. The van der Waals surface area contributed by atoms with Crippen LogP contribution in [0.2, 0.25) is 0 Å². The molecule has 0 spiro atoms. The molecule has 1 aromatic rings. The fraction of sp³-hybridized carbons (Fsp3) is 0.542. The summed E-state index contributed by atoms with van der Waals surface area (Å²) >= 11 is 1.42. The van der Waals surface area contributed by atoms with Crippen molar-refractivity contribution in [2.45, 2.75) is 63.7 Å². The molecule has 0 aliphatic carbocycles. The van der Waals surface area contributed by atoms with E-state index in [2.05, 4.69) is 16.0 Å². The molecule has 0 saturated carbocycles. The van der Waals surface area contributed by atoms with Gasteiger partial charge in [0, 0.05) is 6.42 Å². The van der Waals surface area contributed by atoms with Crippen LogP contribution in [-0.4, -0.2) is 81.2 Å². The van der Waals surface area contributed by atoms with Gasteiger partial charge >= 0.3 is 11.9 Å². The van der Waals surface area contributed by atoms with Crippen molar-refractivity contribution in [1.29, 1.82) is 0 Å². The van der Waals surface area contributed by atoms with Crippen molar-refractivity contribution >= 4 is 41.4 Å². The number of amides is 3. The second kappa shape index (κ2) is 15.7. The molecule has 3 amide bonds. The zero-order valence-electron chi connectivity index (χ0n) is 21.1. The number of carbonyl (C=O) groups is 5. The lowest BCUT2D eigenvalue weighted by molar-refractivity contribution is -0.142. The van der Waals surface area contributed by atoms with E-state index in [9.17, 15) is 34.2 Å². The Morgan fingerprint density at radius 2 is 1.43 bits per heavy atom. The van der Waals surface area contributed by atoms with Crippen LogP contribution in [0.1, 0.15) is 38.7 Å². The van der Waals surface area contributed by atoms with Crippen LogP contribution in [0.5, 0.6) is 5.75 Å². The third-order valence-corrected chi connectivity index (χ3v) is 5.95. The number of hydrogen-bond acceptors (Lipinski definition) is 8. The standard InChI is InChI=1S/C24H36N4O8S/c1-13(2)10-19(24(35)36)28-23(34)18(11-14-4-6-15(29)7-5-14)27-22(33)17(8-9-37-3)26-21(32)16(25)12-20(30)31/h4-7,13,16-19,29H,8-12,25H2,1-3H3,(H,26,32)(H,27,33)(H,28,34)(H,30,31)(H,35,36). The lowest BCUT2D eigenvalue weighted by atomic mass is 10.0. The molecule has 13 heteroatoms. The molecular formula is C24H36N4O8S. The number of phenolic OH excluding ortho intramolecular Hbond substituents is 1. The number of aliphatic carboxylic acids is 2. The average Bonchev–Trinajstić information content (AvgIpc) is 2.81. The average molecular weight is 541 g/mol. The van der Waals surface area contributed by atoms with Crippen LogP contribution in [0.15, 0.2) is 24.3 Å². The van der Waals surface area contributed by atoms with Gasteiger partial charge in [0.25, 0.3) is 0 Å². The Labute approximate surface area is 219 Å². The maximum absolute atomic E-state index is 13.2. The first-order valence-corrected chi connectivity index (χ1v) is 13.1. The summed E-state index contributed by atoms with van der Waals surface area (Å²) in [5, 5.41) is 35.4. The number of aromatic hydroxyl groups is 1. The van der Waals surface area contributed by atoms with Gasteiger partial charge in [-0.25, -0.2) is 4.79 Å².